The molecule has 0 N–H and O–H groups in total. The fourth-order valence-corrected chi connectivity index (χ4v) is 17.6. The van der Waals surface area contributed by atoms with Crippen LogP contribution in [0.15, 0.2) is 118 Å². The fraction of sp³-hybridized carbons (Fsp3) is 0.290. The largest absolute Gasteiger partial charge is 0.116 e. The Morgan fingerprint density at radius 2 is 1.05 bits per heavy atom. The van der Waals surface area contributed by atoms with Crippen molar-refractivity contribution in [3.63, 3.8) is 0 Å². The van der Waals surface area contributed by atoms with Crippen molar-refractivity contribution in [2.24, 2.45) is 23.7 Å². The standard InChI is InChI=1S/C31H24S8/c1-14(2)17-9-15-7-8-16(17)29-28(15)34-22-12-26-27(13-23(22)35-29)39-31(38-26)30-36-24-10-20-21(11-25(24)37-30)33-19-6-4-3-5-18(19)32-20/h3-8,10-19H,9H2,1-2H3. The number of allylic oxidation sites excluding steroid dienone is 6. The molecular formula is C31H24S8. The molecule has 0 amide bonds. The summed E-state index contributed by atoms with van der Waals surface area (Å²) in [6.45, 7) is 4.82. The first-order valence-corrected chi connectivity index (χ1v) is 20.0. The summed E-state index contributed by atoms with van der Waals surface area (Å²) < 4.78 is 2.93. The Kier molecular flexibility index (Phi) is 6.35. The first-order chi connectivity index (χ1) is 19.1. The van der Waals surface area contributed by atoms with E-state index in [2.05, 4.69) is 98.1 Å². The molecule has 0 saturated carbocycles. The van der Waals surface area contributed by atoms with Gasteiger partial charge in [0.15, 0.2) is 0 Å². The van der Waals surface area contributed by atoms with Crippen molar-refractivity contribution in [2.75, 3.05) is 0 Å². The van der Waals surface area contributed by atoms with E-state index in [9.17, 15) is 0 Å². The Balaban J connectivity index is 0.981. The second-order valence-electron chi connectivity index (χ2n) is 11.0. The Morgan fingerprint density at radius 1 is 0.564 bits per heavy atom. The number of hydrogen-bond donors (Lipinski definition) is 0. The molecule has 4 aliphatic heterocycles. The van der Waals surface area contributed by atoms with Crippen LogP contribution < -0.4 is 0 Å². The molecular weight excluding hydrogens is 629 g/mol. The van der Waals surface area contributed by atoms with Crippen LogP contribution in [0.4, 0.5) is 0 Å². The molecule has 2 aromatic carbocycles. The third kappa shape index (κ3) is 4.21. The van der Waals surface area contributed by atoms with Gasteiger partial charge in [0.2, 0.25) is 0 Å². The SMILES string of the molecule is CC(C)C1CC2C=CC1C1=C2Sc2cc3c(cc2S1)SC(=C1Sc2cc4c(cc2S1)SC1C=CC=CC1S4)S3. The van der Waals surface area contributed by atoms with Crippen LogP contribution in [0, 0.1) is 23.7 Å². The first-order valence-electron chi connectivity index (χ1n) is 13.4. The number of fused-ring (bicyclic) bond motifs is 6. The van der Waals surface area contributed by atoms with Crippen molar-refractivity contribution in [3.05, 3.63) is 79.0 Å². The molecule has 0 aromatic heterocycles. The highest BCUT2D eigenvalue weighted by molar-refractivity contribution is 8.30. The van der Waals surface area contributed by atoms with Crippen molar-refractivity contribution in [1.82, 2.24) is 0 Å². The fourth-order valence-electron chi connectivity index (χ4n) is 6.29. The van der Waals surface area contributed by atoms with E-state index in [1.807, 2.05) is 70.6 Å². The van der Waals surface area contributed by atoms with Crippen LogP contribution in [0.5, 0.6) is 0 Å². The lowest BCUT2D eigenvalue weighted by atomic mass is 9.69. The molecule has 4 heterocycles. The minimum Gasteiger partial charge on any atom is -0.116 e. The molecule has 0 nitrogen and oxygen atoms in total. The lowest BCUT2D eigenvalue weighted by Crippen LogP contribution is -2.32. The van der Waals surface area contributed by atoms with Crippen molar-refractivity contribution >= 4 is 94.1 Å². The molecule has 5 unspecified atom stereocenters. The van der Waals surface area contributed by atoms with E-state index in [0.717, 1.165) is 11.8 Å². The summed E-state index contributed by atoms with van der Waals surface area (Å²) in [5.41, 5.74) is 0. The molecule has 0 fully saturated rings. The summed E-state index contributed by atoms with van der Waals surface area (Å²) in [5.74, 6) is 2.78. The molecule has 2 aromatic rings. The summed E-state index contributed by atoms with van der Waals surface area (Å²) in [4.78, 5) is 14.9. The van der Waals surface area contributed by atoms with E-state index in [-0.39, 0.29) is 0 Å². The van der Waals surface area contributed by atoms with Crippen molar-refractivity contribution in [2.45, 2.75) is 69.9 Å². The molecule has 2 bridgehead atoms. The van der Waals surface area contributed by atoms with Gasteiger partial charge < -0.3 is 0 Å². The smallest absolute Gasteiger partial charge is 0.0706 e. The quantitative estimate of drug-likeness (QED) is 0.276. The van der Waals surface area contributed by atoms with Gasteiger partial charge in [0.05, 0.1) is 8.47 Å². The monoisotopic (exact) mass is 652 g/mol. The van der Waals surface area contributed by atoms with E-state index >= 15 is 0 Å². The number of thioether (sulfide) groups is 8. The zero-order chi connectivity index (χ0) is 25.8. The van der Waals surface area contributed by atoms with Gasteiger partial charge in [0, 0.05) is 71.3 Å². The maximum Gasteiger partial charge on any atom is 0.0706 e. The second-order valence-corrected chi connectivity index (χ2v) is 20.3. The molecule has 4 aliphatic carbocycles. The number of hydrogen-bond acceptors (Lipinski definition) is 8. The van der Waals surface area contributed by atoms with Gasteiger partial charge in [-0.25, -0.2) is 0 Å². The van der Waals surface area contributed by atoms with E-state index in [4.69, 9.17) is 0 Å². The Bertz CT molecular complexity index is 1560. The van der Waals surface area contributed by atoms with Crippen LogP contribution in [0.25, 0.3) is 0 Å². The van der Waals surface area contributed by atoms with Crippen molar-refractivity contribution < 1.29 is 0 Å². The molecule has 5 atom stereocenters. The number of rotatable bonds is 1. The molecule has 39 heavy (non-hydrogen) atoms. The van der Waals surface area contributed by atoms with Gasteiger partial charge in [-0.05, 0) is 42.5 Å². The maximum atomic E-state index is 2.53. The van der Waals surface area contributed by atoms with Gasteiger partial charge in [-0.15, -0.1) is 23.5 Å². The third-order valence-corrected chi connectivity index (χ3v) is 19.6. The highest BCUT2D eigenvalue weighted by Gasteiger charge is 2.42. The van der Waals surface area contributed by atoms with Gasteiger partial charge in [0.25, 0.3) is 0 Å². The van der Waals surface area contributed by atoms with Crippen LogP contribution in [0.3, 0.4) is 0 Å². The summed E-state index contributed by atoms with van der Waals surface area (Å²) in [6, 6.07) is 9.92. The van der Waals surface area contributed by atoms with Crippen LogP contribution in [0.1, 0.15) is 20.3 Å². The normalized spacial score (nSPS) is 30.9. The van der Waals surface area contributed by atoms with Gasteiger partial charge in [-0.2, -0.15) is 0 Å². The average molecular weight is 653 g/mol. The lowest BCUT2D eigenvalue weighted by Gasteiger charge is -2.44. The van der Waals surface area contributed by atoms with E-state index in [1.165, 1.54) is 54.1 Å². The van der Waals surface area contributed by atoms with E-state index < -0.39 is 0 Å². The zero-order valence-electron chi connectivity index (χ0n) is 21.2. The van der Waals surface area contributed by atoms with Gasteiger partial charge in [-0.1, -0.05) is 121 Å². The molecule has 0 radical (unpaired) electrons. The maximum absolute atomic E-state index is 2.53. The van der Waals surface area contributed by atoms with Gasteiger partial charge in [-0.3, -0.25) is 0 Å². The molecule has 196 valence electrons. The zero-order valence-corrected chi connectivity index (χ0v) is 27.7. The van der Waals surface area contributed by atoms with E-state index in [1.54, 1.807) is 9.81 Å². The molecule has 8 aliphatic rings. The predicted molar refractivity (Wildman–Crippen MR) is 179 cm³/mol. The lowest BCUT2D eigenvalue weighted by molar-refractivity contribution is 0.262. The van der Waals surface area contributed by atoms with Crippen LogP contribution in [-0.2, 0) is 0 Å². The highest BCUT2D eigenvalue weighted by atomic mass is 32.2. The molecule has 8 heteroatoms. The van der Waals surface area contributed by atoms with Gasteiger partial charge >= 0.3 is 0 Å². The minimum atomic E-state index is 0.557. The summed E-state index contributed by atoms with van der Waals surface area (Å²) in [5, 5.41) is 1.11. The molecule has 0 spiro atoms. The second kappa shape index (κ2) is 9.73. The Morgan fingerprint density at radius 3 is 1.59 bits per heavy atom. The minimum absolute atomic E-state index is 0.557. The molecule has 0 saturated heterocycles. The van der Waals surface area contributed by atoms with Crippen molar-refractivity contribution in [1.29, 1.82) is 0 Å². The summed E-state index contributed by atoms with van der Waals surface area (Å²) in [6.07, 6.45) is 15.5. The van der Waals surface area contributed by atoms with E-state index in [0.29, 0.717) is 22.3 Å². The number of benzene rings is 2. The third-order valence-electron chi connectivity index (χ3n) is 8.28. The first kappa shape index (κ1) is 25.4. The molecule has 10 rings (SSSR count). The Labute approximate surface area is 264 Å². The average Bonchev–Trinajstić information content (AvgIpc) is 3.56. The summed E-state index contributed by atoms with van der Waals surface area (Å²) >= 11 is 16.2. The Hall–Kier alpha value is -0.0600. The summed E-state index contributed by atoms with van der Waals surface area (Å²) in [7, 11) is 0. The van der Waals surface area contributed by atoms with Crippen molar-refractivity contribution in [3.8, 4) is 0 Å². The predicted octanol–water partition coefficient (Wildman–Crippen LogP) is 11.9. The highest BCUT2D eigenvalue weighted by Crippen LogP contribution is 2.66. The van der Waals surface area contributed by atoms with Gasteiger partial charge in [0.1, 0.15) is 0 Å². The van der Waals surface area contributed by atoms with Crippen LogP contribution in [0.2, 0.25) is 0 Å². The topological polar surface area (TPSA) is 0 Å². The van der Waals surface area contributed by atoms with Crippen LogP contribution in [-0.4, -0.2) is 10.5 Å². The van der Waals surface area contributed by atoms with Crippen LogP contribution >= 0.6 is 94.1 Å².